The zero-order valence-corrected chi connectivity index (χ0v) is 12.9. The third-order valence-electron chi connectivity index (χ3n) is 3.69. The standard InChI is InChI=1S/C14H23N3O2S/c1-3-17(14-9-10-15-11-14)20(18,19)16(2)12-13-7-5-4-6-8-13/h4-8,14-15H,3,9-12H2,1-2H3. The summed E-state index contributed by atoms with van der Waals surface area (Å²) in [6, 6.07) is 9.74. The highest BCUT2D eigenvalue weighted by Crippen LogP contribution is 2.17. The Morgan fingerprint density at radius 3 is 2.55 bits per heavy atom. The largest absolute Gasteiger partial charge is 0.315 e. The summed E-state index contributed by atoms with van der Waals surface area (Å²) in [4.78, 5) is 0. The lowest BCUT2D eigenvalue weighted by atomic mass is 10.2. The van der Waals surface area contributed by atoms with Gasteiger partial charge in [0, 0.05) is 32.7 Å². The zero-order chi connectivity index (χ0) is 14.6. The van der Waals surface area contributed by atoms with E-state index in [1.807, 2.05) is 37.3 Å². The second-order valence-electron chi connectivity index (χ2n) is 5.10. The second-order valence-corrected chi connectivity index (χ2v) is 7.09. The molecule has 0 saturated carbocycles. The van der Waals surface area contributed by atoms with Crippen LogP contribution in [0.1, 0.15) is 18.9 Å². The van der Waals surface area contributed by atoms with E-state index in [1.54, 1.807) is 11.4 Å². The van der Waals surface area contributed by atoms with Crippen molar-refractivity contribution in [2.24, 2.45) is 0 Å². The monoisotopic (exact) mass is 297 g/mol. The Morgan fingerprint density at radius 2 is 2.00 bits per heavy atom. The zero-order valence-electron chi connectivity index (χ0n) is 12.1. The van der Waals surface area contributed by atoms with Crippen molar-refractivity contribution in [3.05, 3.63) is 35.9 Å². The maximum atomic E-state index is 12.7. The van der Waals surface area contributed by atoms with E-state index in [4.69, 9.17) is 0 Å². The topological polar surface area (TPSA) is 52.7 Å². The molecule has 1 aromatic carbocycles. The van der Waals surface area contributed by atoms with Crippen molar-refractivity contribution in [1.29, 1.82) is 0 Å². The first kappa shape index (κ1) is 15.4. The van der Waals surface area contributed by atoms with Gasteiger partial charge in [-0.25, -0.2) is 0 Å². The first-order valence-corrected chi connectivity index (χ1v) is 8.43. The van der Waals surface area contributed by atoms with Crippen molar-refractivity contribution in [2.75, 3.05) is 26.7 Å². The van der Waals surface area contributed by atoms with Crippen LogP contribution in [0.3, 0.4) is 0 Å². The van der Waals surface area contributed by atoms with E-state index < -0.39 is 10.2 Å². The fourth-order valence-electron chi connectivity index (χ4n) is 2.60. The Hall–Kier alpha value is -0.950. The molecule has 0 bridgehead atoms. The molecule has 1 N–H and O–H groups in total. The van der Waals surface area contributed by atoms with E-state index >= 15 is 0 Å². The van der Waals surface area contributed by atoms with E-state index in [1.165, 1.54) is 4.31 Å². The van der Waals surface area contributed by atoms with Crippen LogP contribution in [-0.4, -0.2) is 49.8 Å². The fraction of sp³-hybridized carbons (Fsp3) is 0.571. The molecule has 1 heterocycles. The van der Waals surface area contributed by atoms with Crippen molar-refractivity contribution >= 4 is 10.2 Å². The summed E-state index contributed by atoms with van der Waals surface area (Å²) in [6.07, 6.45) is 0.881. The van der Waals surface area contributed by atoms with Crippen LogP contribution in [0.2, 0.25) is 0 Å². The molecule has 0 aliphatic carbocycles. The van der Waals surface area contributed by atoms with E-state index in [2.05, 4.69) is 5.32 Å². The summed E-state index contributed by atoms with van der Waals surface area (Å²) in [5.74, 6) is 0. The van der Waals surface area contributed by atoms with Gasteiger partial charge >= 0.3 is 0 Å². The quantitative estimate of drug-likeness (QED) is 0.854. The highest BCUT2D eigenvalue weighted by Gasteiger charge is 2.33. The molecule has 20 heavy (non-hydrogen) atoms. The number of nitrogens with one attached hydrogen (secondary N) is 1. The molecule has 112 valence electrons. The van der Waals surface area contributed by atoms with Gasteiger partial charge in [-0.2, -0.15) is 17.0 Å². The molecule has 6 heteroatoms. The van der Waals surface area contributed by atoms with Crippen LogP contribution in [0.5, 0.6) is 0 Å². The summed E-state index contributed by atoms with van der Waals surface area (Å²) in [7, 11) is -1.76. The van der Waals surface area contributed by atoms with E-state index in [9.17, 15) is 8.42 Å². The summed E-state index contributed by atoms with van der Waals surface area (Å²) in [6.45, 7) is 4.44. The minimum absolute atomic E-state index is 0.0724. The highest BCUT2D eigenvalue weighted by atomic mass is 32.2. The lowest BCUT2D eigenvalue weighted by Crippen LogP contribution is -2.47. The van der Waals surface area contributed by atoms with Crippen molar-refractivity contribution in [3.63, 3.8) is 0 Å². The Bertz CT molecular complexity index is 512. The van der Waals surface area contributed by atoms with Gasteiger partial charge in [0.25, 0.3) is 10.2 Å². The maximum Gasteiger partial charge on any atom is 0.282 e. The molecule has 1 atom stereocenters. The predicted molar refractivity (Wildman–Crippen MR) is 80.5 cm³/mol. The molecular weight excluding hydrogens is 274 g/mol. The van der Waals surface area contributed by atoms with E-state index in [-0.39, 0.29) is 6.04 Å². The molecule has 1 unspecified atom stereocenters. The minimum Gasteiger partial charge on any atom is -0.315 e. The van der Waals surface area contributed by atoms with Gasteiger partial charge in [-0.05, 0) is 18.5 Å². The molecule has 5 nitrogen and oxygen atoms in total. The number of nitrogens with zero attached hydrogens (tertiary/aromatic N) is 2. The third kappa shape index (κ3) is 3.38. The average molecular weight is 297 g/mol. The normalized spacial score (nSPS) is 19.9. The van der Waals surface area contributed by atoms with Gasteiger partial charge in [-0.1, -0.05) is 37.3 Å². The van der Waals surface area contributed by atoms with Crippen LogP contribution in [0.15, 0.2) is 30.3 Å². The number of likely N-dealkylation sites (N-methyl/N-ethyl adjacent to an activating group) is 1. The van der Waals surface area contributed by atoms with Gasteiger partial charge in [-0.15, -0.1) is 0 Å². The van der Waals surface area contributed by atoms with E-state index in [0.717, 1.165) is 25.1 Å². The smallest absolute Gasteiger partial charge is 0.282 e. The molecule has 0 spiro atoms. The van der Waals surface area contributed by atoms with Crippen LogP contribution in [0.25, 0.3) is 0 Å². The number of benzene rings is 1. The Balaban J connectivity index is 2.11. The van der Waals surface area contributed by atoms with Crippen molar-refractivity contribution in [2.45, 2.75) is 25.9 Å². The third-order valence-corrected chi connectivity index (χ3v) is 5.76. The molecule has 1 aromatic rings. The molecule has 1 aliphatic heterocycles. The van der Waals surface area contributed by atoms with Crippen molar-refractivity contribution in [1.82, 2.24) is 13.9 Å². The minimum atomic E-state index is -3.41. The summed E-state index contributed by atoms with van der Waals surface area (Å²) in [5, 5.41) is 3.22. The molecule has 1 fully saturated rings. The van der Waals surface area contributed by atoms with Gasteiger partial charge < -0.3 is 5.32 Å². The Kier molecular flexibility index (Phi) is 5.15. The van der Waals surface area contributed by atoms with Gasteiger partial charge in [0.1, 0.15) is 0 Å². The SMILES string of the molecule is CCN(C1CCNC1)S(=O)(=O)N(C)Cc1ccccc1. The van der Waals surface area contributed by atoms with Gasteiger partial charge in [-0.3, -0.25) is 0 Å². The molecule has 1 aliphatic rings. The Morgan fingerprint density at radius 1 is 1.30 bits per heavy atom. The van der Waals surface area contributed by atoms with Crippen LogP contribution in [0, 0.1) is 0 Å². The fourth-order valence-corrected chi connectivity index (χ4v) is 4.15. The maximum absolute atomic E-state index is 12.7. The highest BCUT2D eigenvalue weighted by molar-refractivity contribution is 7.86. The van der Waals surface area contributed by atoms with Crippen LogP contribution < -0.4 is 5.32 Å². The molecule has 1 saturated heterocycles. The lowest BCUT2D eigenvalue weighted by Gasteiger charge is -2.30. The van der Waals surface area contributed by atoms with Gasteiger partial charge in [0.2, 0.25) is 0 Å². The van der Waals surface area contributed by atoms with Crippen LogP contribution in [0.4, 0.5) is 0 Å². The van der Waals surface area contributed by atoms with Crippen molar-refractivity contribution in [3.8, 4) is 0 Å². The van der Waals surface area contributed by atoms with Crippen molar-refractivity contribution < 1.29 is 8.42 Å². The van der Waals surface area contributed by atoms with Gasteiger partial charge in [0.05, 0.1) is 0 Å². The average Bonchev–Trinajstić information content (AvgIpc) is 2.94. The first-order valence-electron chi connectivity index (χ1n) is 7.03. The first-order chi connectivity index (χ1) is 9.55. The molecule has 0 aromatic heterocycles. The Labute approximate surface area is 121 Å². The number of hydrogen-bond donors (Lipinski definition) is 1. The molecule has 0 amide bonds. The molecule has 2 rings (SSSR count). The number of rotatable bonds is 6. The summed E-state index contributed by atoms with van der Waals surface area (Å²) in [5.41, 5.74) is 0.999. The number of hydrogen-bond acceptors (Lipinski definition) is 3. The summed E-state index contributed by atoms with van der Waals surface area (Å²) < 4.78 is 28.4. The van der Waals surface area contributed by atoms with Gasteiger partial charge in [0.15, 0.2) is 0 Å². The molecular formula is C14H23N3O2S. The van der Waals surface area contributed by atoms with Crippen LogP contribution in [-0.2, 0) is 16.8 Å². The van der Waals surface area contributed by atoms with Crippen LogP contribution >= 0.6 is 0 Å². The van der Waals surface area contributed by atoms with E-state index in [0.29, 0.717) is 13.1 Å². The second kappa shape index (κ2) is 6.67. The molecule has 0 radical (unpaired) electrons. The predicted octanol–water partition coefficient (Wildman–Crippen LogP) is 1.05. The summed E-state index contributed by atoms with van der Waals surface area (Å²) >= 11 is 0. The lowest BCUT2D eigenvalue weighted by molar-refractivity contribution is 0.312.